The molecule has 0 fully saturated rings. The Kier molecular flexibility index (Phi) is 3.45. The average Bonchev–Trinajstić information content (AvgIpc) is 2.67. The second kappa shape index (κ2) is 4.74. The molecule has 0 aliphatic rings. The summed E-state index contributed by atoms with van der Waals surface area (Å²) in [5, 5.41) is 5.23. The molecule has 18 heavy (non-hydrogen) atoms. The molecular weight excluding hydrogens is 246 g/mol. The molecule has 4 nitrogen and oxygen atoms in total. The Balaban J connectivity index is 2.35. The van der Waals surface area contributed by atoms with Crippen molar-refractivity contribution in [3.05, 3.63) is 30.0 Å². The SMILES string of the molecule is Cn1ncc2c(/C=N\[S+]([O-])C(C)(C)C)cccc21. The van der Waals surface area contributed by atoms with E-state index in [1.165, 1.54) is 0 Å². The predicted molar refractivity (Wildman–Crippen MR) is 76.2 cm³/mol. The van der Waals surface area contributed by atoms with E-state index in [0.717, 1.165) is 16.5 Å². The minimum absolute atomic E-state index is 0.334. The van der Waals surface area contributed by atoms with Crippen LogP contribution in [0.25, 0.3) is 10.9 Å². The van der Waals surface area contributed by atoms with Gasteiger partial charge in [0.1, 0.15) is 16.1 Å². The van der Waals surface area contributed by atoms with Crippen molar-refractivity contribution in [2.45, 2.75) is 25.5 Å². The fourth-order valence-electron chi connectivity index (χ4n) is 1.58. The lowest BCUT2D eigenvalue weighted by Gasteiger charge is -2.17. The summed E-state index contributed by atoms with van der Waals surface area (Å²) in [5.41, 5.74) is 1.98. The highest BCUT2D eigenvalue weighted by Gasteiger charge is 2.25. The van der Waals surface area contributed by atoms with Gasteiger partial charge in [-0.05, 0) is 26.8 Å². The summed E-state index contributed by atoms with van der Waals surface area (Å²) in [6.07, 6.45) is 3.47. The second-order valence-corrected chi connectivity index (χ2v) is 7.08. The molecule has 1 atom stereocenters. The maximum absolute atomic E-state index is 11.9. The number of rotatable bonds is 2. The van der Waals surface area contributed by atoms with Gasteiger partial charge >= 0.3 is 0 Å². The summed E-state index contributed by atoms with van der Waals surface area (Å²) in [5.74, 6) is 0. The van der Waals surface area contributed by atoms with Crippen LogP contribution in [0.3, 0.4) is 0 Å². The highest BCUT2D eigenvalue weighted by Crippen LogP contribution is 2.19. The summed E-state index contributed by atoms with van der Waals surface area (Å²) in [6.45, 7) is 5.72. The maximum atomic E-state index is 11.9. The molecule has 1 heterocycles. The minimum Gasteiger partial charge on any atom is -0.591 e. The van der Waals surface area contributed by atoms with Gasteiger partial charge in [-0.2, -0.15) is 5.10 Å². The van der Waals surface area contributed by atoms with Crippen LogP contribution in [0.5, 0.6) is 0 Å². The van der Waals surface area contributed by atoms with Crippen LogP contribution in [0.15, 0.2) is 28.8 Å². The molecule has 0 spiro atoms. The van der Waals surface area contributed by atoms with Gasteiger partial charge < -0.3 is 4.55 Å². The molecule has 96 valence electrons. The van der Waals surface area contributed by atoms with E-state index in [-0.39, 0.29) is 4.75 Å². The monoisotopic (exact) mass is 263 g/mol. The van der Waals surface area contributed by atoms with E-state index < -0.39 is 11.4 Å². The van der Waals surface area contributed by atoms with Crippen LogP contribution in [0.2, 0.25) is 0 Å². The molecule has 1 aromatic heterocycles. The summed E-state index contributed by atoms with van der Waals surface area (Å²) < 4.78 is 17.5. The molecule has 0 aliphatic heterocycles. The molecule has 0 N–H and O–H groups in total. The molecule has 0 bridgehead atoms. The molecule has 2 aromatic rings. The van der Waals surface area contributed by atoms with E-state index in [1.54, 1.807) is 12.4 Å². The first-order valence-corrected chi connectivity index (χ1v) is 6.87. The molecule has 0 radical (unpaired) electrons. The number of fused-ring (bicyclic) bond motifs is 1. The number of aromatic nitrogens is 2. The van der Waals surface area contributed by atoms with Gasteiger partial charge in [0.15, 0.2) is 0 Å². The maximum Gasteiger partial charge on any atom is 0.144 e. The van der Waals surface area contributed by atoms with Gasteiger partial charge in [0.05, 0.1) is 17.9 Å². The highest BCUT2D eigenvalue weighted by molar-refractivity contribution is 7.91. The summed E-state index contributed by atoms with van der Waals surface area (Å²) in [7, 11) is 1.90. The van der Waals surface area contributed by atoms with Crippen LogP contribution in [0.1, 0.15) is 26.3 Å². The number of nitrogens with zero attached hydrogens (tertiary/aromatic N) is 3. The fraction of sp³-hybridized carbons (Fsp3) is 0.385. The quantitative estimate of drug-likeness (QED) is 0.617. The normalized spacial score (nSPS) is 14.5. The van der Waals surface area contributed by atoms with Gasteiger partial charge in [-0.25, -0.2) is 0 Å². The van der Waals surface area contributed by atoms with E-state index in [9.17, 15) is 4.55 Å². The minimum atomic E-state index is -1.23. The van der Waals surface area contributed by atoms with Gasteiger partial charge in [0, 0.05) is 18.0 Å². The van der Waals surface area contributed by atoms with E-state index in [1.807, 2.05) is 50.7 Å². The Labute approximate surface area is 110 Å². The summed E-state index contributed by atoms with van der Waals surface area (Å²) in [6, 6.07) is 5.90. The first-order chi connectivity index (χ1) is 8.39. The van der Waals surface area contributed by atoms with E-state index in [2.05, 4.69) is 9.50 Å². The van der Waals surface area contributed by atoms with Crippen molar-refractivity contribution in [3.63, 3.8) is 0 Å². The average molecular weight is 263 g/mol. The highest BCUT2D eigenvalue weighted by atomic mass is 32.2. The largest absolute Gasteiger partial charge is 0.591 e. The molecule has 0 saturated heterocycles. The fourth-order valence-corrected chi connectivity index (χ4v) is 2.10. The van der Waals surface area contributed by atoms with Crippen molar-refractivity contribution in [2.24, 2.45) is 11.4 Å². The first kappa shape index (κ1) is 13.1. The van der Waals surface area contributed by atoms with Crippen molar-refractivity contribution in [3.8, 4) is 0 Å². The van der Waals surface area contributed by atoms with E-state index in [0.29, 0.717) is 0 Å². The van der Waals surface area contributed by atoms with Crippen LogP contribution >= 0.6 is 0 Å². The van der Waals surface area contributed by atoms with Crippen LogP contribution < -0.4 is 0 Å². The Morgan fingerprint density at radius 3 is 2.78 bits per heavy atom. The zero-order valence-electron chi connectivity index (χ0n) is 11.0. The van der Waals surface area contributed by atoms with E-state index >= 15 is 0 Å². The third-order valence-electron chi connectivity index (χ3n) is 2.64. The predicted octanol–water partition coefficient (Wildman–Crippen LogP) is 2.45. The van der Waals surface area contributed by atoms with Crippen molar-refractivity contribution in [2.75, 3.05) is 0 Å². The van der Waals surface area contributed by atoms with Gasteiger partial charge in [-0.1, -0.05) is 16.5 Å². The number of hydrogen-bond acceptors (Lipinski definition) is 3. The Morgan fingerprint density at radius 2 is 2.11 bits per heavy atom. The van der Waals surface area contributed by atoms with Crippen LogP contribution in [0, 0.1) is 0 Å². The Hall–Kier alpha value is -1.33. The van der Waals surface area contributed by atoms with Crippen LogP contribution in [-0.4, -0.2) is 25.3 Å². The third-order valence-corrected chi connectivity index (χ3v) is 3.98. The number of aryl methyl sites for hydroxylation is 1. The van der Waals surface area contributed by atoms with Crippen LogP contribution in [-0.2, 0) is 18.4 Å². The molecule has 0 saturated carbocycles. The second-order valence-electron chi connectivity index (χ2n) is 5.14. The molecule has 5 heteroatoms. The van der Waals surface area contributed by atoms with Gasteiger partial charge in [0.2, 0.25) is 0 Å². The van der Waals surface area contributed by atoms with Crippen molar-refractivity contribution < 1.29 is 4.55 Å². The number of benzene rings is 1. The Morgan fingerprint density at radius 1 is 1.39 bits per heavy atom. The molecule has 1 aromatic carbocycles. The summed E-state index contributed by atoms with van der Waals surface area (Å²) in [4.78, 5) is 0. The third kappa shape index (κ3) is 2.57. The Bertz CT molecular complexity index is 583. The van der Waals surface area contributed by atoms with Crippen LogP contribution in [0.4, 0.5) is 0 Å². The molecule has 1 unspecified atom stereocenters. The van der Waals surface area contributed by atoms with Gasteiger partial charge in [0.25, 0.3) is 0 Å². The molecular formula is C13H17N3OS. The van der Waals surface area contributed by atoms with E-state index in [4.69, 9.17) is 0 Å². The molecule has 2 rings (SSSR count). The number of hydrogen-bond donors (Lipinski definition) is 0. The first-order valence-electron chi connectivity index (χ1n) is 5.76. The topological polar surface area (TPSA) is 53.2 Å². The lowest BCUT2D eigenvalue weighted by molar-refractivity contribution is 0.562. The summed E-state index contributed by atoms with van der Waals surface area (Å²) >= 11 is -1.23. The zero-order valence-corrected chi connectivity index (χ0v) is 11.9. The van der Waals surface area contributed by atoms with Gasteiger partial charge in [-0.15, -0.1) is 0 Å². The van der Waals surface area contributed by atoms with Crippen molar-refractivity contribution in [1.29, 1.82) is 0 Å². The zero-order chi connectivity index (χ0) is 13.3. The van der Waals surface area contributed by atoms with Gasteiger partial charge in [-0.3, -0.25) is 4.68 Å². The standard InChI is InChI=1S/C13H17N3OS/c1-13(2,3)18(17)15-8-10-6-5-7-12-11(10)9-14-16(12)4/h5-9H,1-4H3/b15-8-. The molecule has 0 amide bonds. The lowest BCUT2D eigenvalue weighted by atomic mass is 10.1. The van der Waals surface area contributed by atoms with Crippen molar-refractivity contribution >= 4 is 28.5 Å². The van der Waals surface area contributed by atoms with Crippen molar-refractivity contribution in [1.82, 2.24) is 9.78 Å². The smallest absolute Gasteiger partial charge is 0.144 e. The lowest BCUT2D eigenvalue weighted by Crippen LogP contribution is -2.25. The molecule has 0 aliphatic carbocycles.